The van der Waals surface area contributed by atoms with Gasteiger partial charge in [0.2, 0.25) is 10.3 Å². The molecule has 2 N–H and O–H groups in total. The predicted molar refractivity (Wildman–Crippen MR) is 106 cm³/mol. The number of rotatable bonds is 7. The number of aromatic nitrogens is 4. The third kappa shape index (κ3) is 4.93. The zero-order valence-corrected chi connectivity index (χ0v) is 17.6. The van der Waals surface area contributed by atoms with Gasteiger partial charge in [-0.25, -0.2) is 0 Å². The van der Waals surface area contributed by atoms with E-state index in [0.29, 0.717) is 15.7 Å². The van der Waals surface area contributed by atoms with Crippen LogP contribution in [-0.2, 0) is 10.0 Å². The molecule has 14 heteroatoms. The Balaban J connectivity index is 1.72. The lowest BCUT2D eigenvalue weighted by molar-refractivity contribution is 0.102. The molecule has 142 valence electrons. The van der Waals surface area contributed by atoms with Crippen molar-refractivity contribution in [3.8, 4) is 0 Å². The Kier molecular flexibility index (Phi) is 6.26. The first-order chi connectivity index (χ1) is 12.9. The van der Waals surface area contributed by atoms with Crippen molar-refractivity contribution < 1.29 is 13.2 Å². The summed E-state index contributed by atoms with van der Waals surface area (Å²) in [6, 6.07) is 6.47. The van der Waals surface area contributed by atoms with Gasteiger partial charge in [0.05, 0.1) is 10.6 Å². The van der Waals surface area contributed by atoms with Crippen LogP contribution in [0.3, 0.4) is 0 Å². The Morgan fingerprint density at radius 3 is 2.63 bits per heavy atom. The van der Waals surface area contributed by atoms with Gasteiger partial charge in [-0.2, -0.15) is 8.42 Å². The highest BCUT2D eigenvalue weighted by atomic mass is 35.5. The minimum absolute atomic E-state index is 0.0276. The average Bonchev–Trinajstić information content (AvgIpc) is 3.25. The second kappa shape index (κ2) is 8.48. The van der Waals surface area contributed by atoms with E-state index in [1.807, 2.05) is 6.92 Å². The second-order valence-electron chi connectivity index (χ2n) is 4.72. The van der Waals surface area contributed by atoms with E-state index in [2.05, 4.69) is 30.4 Å². The van der Waals surface area contributed by atoms with Crippen LogP contribution in [0.5, 0.6) is 0 Å². The summed E-state index contributed by atoms with van der Waals surface area (Å²) >= 11 is 9.25. The summed E-state index contributed by atoms with van der Waals surface area (Å²) < 4.78 is 27.4. The average molecular weight is 463 g/mol. The topological polar surface area (TPSA) is 127 Å². The van der Waals surface area contributed by atoms with Crippen molar-refractivity contribution in [3.63, 3.8) is 0 Å². The van der Waals surface area contributed by atoms with E-state index in [1.54, 1.807) is 24.3 Å². The summed E-state index contributed by atoms with van der Waals surface area (Å²) in [5, 5.41) is 17.9. The summed E-state index contributed by atoms with van der Waals surface area (Å²) in [5.74, 6) is 0.283. The van der Waals surface area contributed by atoms with Gasteiger partial charge < -0.3 is 0 Å². The SMILES string of the molecule is CCSc1nnc(NS(=O)(=O)c2nnc(NC(=O)c3ccccc3Cl)s2)s1. The molecule has 0 aliphatic carbocycles. The zero-order chi connectivity index (χ0) is 19.4. The Bertz CT molecular complexity index is 1070. The smallest absolute Gasteiger partial charge is 0.293 e. The first-order valence-electron chi connectivity index (χ1n) is 7.27. The minimum Gasteiger partial charge on any atom is -0.296 e. The molecule has 0 bridgehead atoms. The van der Waals surface area contributed by atoms with Crippen molar-refractivity contribution >= 4 is 72.2 Å². The third-order valence-corrected chi connectivity index (χ3v) is 7.73. The molecule has 0 aliphatic heterocycles. The molecule has 3 rings (SSSR count). The molecular weight excluding hydrogens is 452 g/mol. The first kappa shape index (κ1) is 19.9. The molecule has 0 spiro atoms. The molecule has 0 fully saturated rings. The van der Waals surface area contributed by atoms with Crippen molar-refractivity contribution in [2.45, 2.75) is 15.6 Å². The lowest BCUT2D eigenvalue weighted by atomic mass is 10.2. The van der Waals surface area contributed by atoms with Gasteiger partial charge >= 0.3 is 0 Å². The highest BCUT2D eigenvalue weighted by Crippen LogP contribution is 2.28. The summed E-state index contributed by atoms with van der Waals surface area (Å²) in [6.45, 7) is 1.95. The van der Waals surface area contributed by atoms with Crippen molar-refractivity contribution in [2.75, 3.05) is 15.8 Å². The molecule has 1 aromatic carbocycles. The molecule has 3 aromatic rings. The van der Waals surface area contributed by atoms with Crippen LogP contribution < -0.4 is 10.0 Å². The molecule has 0 radical (unpaired) electrons. The number of sulfonamides is 1. The van der Waals surface area contributed by atoms with Crippen molar-refractivity contribution in [1.82, 2.24) is 20.4 Å². The lowest BCUT2D eigenvalue weighted by Crippen LogP contribution is -2.12. The number of hydrogen-bond donors (Lipinski definition) is 2. The maximum Gasteiger partial charge on any atom is 0.293 e. The minimum atomic E-state index is -3.99. The Morgan fingerprint density at radius 2 is 1.89 bits per heavy atom. The maximum atomic E-state index is 12.4. The lowest BCUT2D eigenvalue weighted by Gasteiger charge is -2.02. The molecule has 27 heavy (non-hydrogen) atoms. The van der Waals surface area contributed by atoms with Crippen LogP contribution >= 0.6 is 46.0 Å². The van der Waals surface area contributed by atoms with E-state index in [4.69, 9.17) is 11.6 Å². The summed E-state index contributed by atoms with van der Waals surface area (Å²) in [4.78, 5) is 12.2. The number of thioether (sulfide) groups is 1. The van der Waals surface area contributed by atoms with Crippen LogP contribution in [-0.4, -0.2) is 40.5 Å². The summed E-state index contributed by atoms with van der Waals surface area (Å²) in [5.41, 5.74) is 0.242. The number of carbonyl (C=O) groups is 1. The van der Waals surface area contributed by atoms with E-state index < -0.39 is 15.9 Å². The fourth-order valence-corrected chi connectivity index (χ4v) is 5.77. The normalized spacial score (nSPS) is 11.3. The van der Waals surface area contributed by atoms with Gasteiger partial charge in [-0.15, -0.1) is 20.4 Å². The highest BCUT2D eigenvalue weighted by Gasteiger charge is 2.23. The number of nitrogens with zero attached hydrogens (tertiary/aromatic N) is 4. The van der Waals surface area contributed by atoms with E-state index >= 15 is 0 Å². The molecule has 2 aromatic heterocycles. The van der Waals surface area contributed by atoms with Gasteiger partial charge in [0.1, 0.15) is 0 Å². The van der Waals surface area contributed by atoms with Crippen LogP contribution in [0, 0.1) is 0 Å². The largest absolute Gasteiger partial charge is 0.296 e. The number of carbonyl (C=O) groups excluding carboxylic acids is 1. The molecule has 0 saturated heterocycles. The van der Waals surface area contributed by atoms with Crippen LogP contribution in [0.4, 0.5) is 10.3 Å². The molecule has 0 atom stereocenters. The van der Waals surface area contributed by atoms with Gasteiger partial charge in [0.25, 0.3) is 20.3 Å². The van der Waals surface area contributed by atoms with Crippen molar-refractivity contribution in [3.05, 3.63) is 34.9 Å². The summed E-state index contributed by atoms with van der Waals surface area (Å²) in [6.07, 6.45) is 0. The third-order valence-electron chi connectivity index (χ3n) is 2.87. The molecular formula is C13H11ClN6O3S4. The van der Waals surface area contributed by atoms with Gasteiger partial charge in [-0.05, 0) is 17.9 Å². The summed E-state index contributed by atoms with van der Waals surface area (Å²) in [7, 11) is -3.99. The van der Waals surface area contributed by atoms with Crippen LogP contribution in [0.2, 0.25) is 5.02 Å². The van der Waals surface area contributed by atoms with E-state index in [-0.39, 0.29) is 25.2 Å². The van der Waals surface area contributed by atoms with Crippen LogP contribution in [0.15, 0.2) is 32.9 Å². The number of benzene rings is 1. The molecule has 9 nitrogen and oxygen atoms in total. The van der Waals surface area contributed by atoms with Crippen LogP contribution in [0.25, 0.3) is 0 Å². The Labute approximate surface area is 171 Å². The van der Waals surface area contributed by atoms with E-state index in [1.165, 1.54) is 11.8 Å². The quantitative estimate of drug-likeness (QED) is 0.404. The maximum absolute atomic E-state index is 12.4. The standard InChI is InChI=1S/C13H11ClN6O3S4/c1-2-24-12-18-17-11(25-12)20-27(22,23)13-19-16-10(26-13)15-9(21)7-5-3-4-6-8(7)14/h3-6H,2H2,1H3,(H,17,20)(H,15,16,21). The Morgan fingerprint density at radius 1 is 1.15 bits per heavy atom. The fourth-order valence-electron chi connectivity index (χ4n) is 1.77. The van der Waals surface area contributed by atoms with Crippen LogP contribution in [0.1, 0.15) is 17.3 Å². The van der Waals surface area contributed by atoms with Gasteiger partial charge in [-0.3, -0.25) is 14.8 Å². The fraction of sp³-hybridized carbons (Fsp3) is 0.154. The number of amides is 1. The molecule has 0 unspecified atom stereocenters. The van der Waals surface area contributed by atoms with Gasteiger partial charge in [0.15, 0.2) is 4.34 Å². The molecule has 1 amide bonds. The molecule has 0 aliphatic rings. The predicted octanol–water partition coefficient (Wildman–Crippen LogP) is 3.21. The van der Waals surface area contributed by atoms with Crippen molar-refractivity contribution in [2.24, 2.45) is 0 Å². The van der Waals surface area contributed by atoms with Gasteiger partial charge in [0, 0.05) is 0 Å². The number of anilines is 2. The first-order valence-corrected chi connectivity index (χ1v) is 11.8. The number of hydrogen-bond acceptors (Lipinski definition) is 10. The Hall–Kier alpha value is -1.80. The van der Waals surface area contributed by atoms with Gasteiger partial charge in [-0.1, -0.05) is 65.1 Å². The monoisotopic (exact) mass is 462 g/mol. The van der Waals surface area contributed by atoms with Crippen molar-refractivity contribution in [1.29, 1.82) is 0 Å². The number of nitrogens with one attached hydrogen (secondary N) is 2. The van der Waals surface area contributed by atoms with E-state index in [9.17, 15) is 13.2 Å². The number of halogens is 1. The highest BCUT2D eigenvalue weighted by molar-refractivity contribution is 8.01. The molecule has 2 heterocycles. The second-order valence-corrected chi connectivity index (χ2v) is 10.4. The molecule has 0 saturated carbocycles. The van der Waals surface area contributed by atoms with E-state index in [0.717, 1.165) is 17.1 Å². The zero-order valence-electron chi connectivity index (χ0n) is 13.5.